The molecule has 1 fully saturated rings. The Morgan fingerprint density at radius 2 is 2.39 bits per heavy atom. The molecule has 0 aromatic carbocycles. The van der Waals surface area contributed by atoms with Gasteiger partial charge in [0.05, 0.1) is 18.8 Å². The molecule has 0 saturated carbocycles. The maximum atomic E-state index is 11.7. The number of hydrogen-bond acceptors (Lipinski definition) is 4. The lowest BCUT2D eigenvalue weighted by atomic mass is 10.2. The zero-order chi connectivity index (χ0) is 13.1. The van der Waals surface area contributed by atoms with Gasteiger partial charge in [-0.2, -0.15) is 5.10 Å². The van der Waals surface area contributed by atoms with Crippen LogP contribution in [-0.4, -0.2) is 46.0 Å². The summed E-state index contributed by atoms with van der Waals surface area (Å²) in [4.78, 5) is 35.1. The average molecular weight is 251 g/mol. The number of hydrogen-bond donors (Lipinski definition) is 3. The van der Waals surface area contributed by atoms with Crippen LogP contribution < -0.4 is 10.6 Å². The highest BCUT2D eigenvalue weighted by Gasteiger charge is 2.30. The summed E-state index contributed by atoms with van der Waals surface area (Å²) in [5.74, 6) is -0.791. The van der Waals surface area contributed by atoms with E-state index in [1.165, 1.54) is 0 Å². The molecule has 96 valence electrons. The zero-order valence-corrected chi connectivity index (χ0v) is 9.77. The van der Waals surface area contributed by atoms with Gasteiger partial charge in [-0.3, -0.25) is 19.6 Å². The van der Waals surface area contributed by atoms with Crippen LogP contribution in [0.2, 0.25) is 0 Å². The minimum atomic E-state index is -0.536. The molecule has 1 saturated heterocycles. The number of aromatic amines is 1. The number of urea groups is 1. The van der Waals surface area contributed by atoms with Crippen molar-refractivity contribution in [2.24, 2.45) is 0 Å². The van der Waals surface area contributed by atoms with Crippen molar-refractivity contribution in [2.45, 2.75) is 13.0 Å². The summed E-state index contributed by atoms with van der Waals surface area (Å²) >= 11 is 0. The number of nitrogens with one attached hydrogen (secondary N) is 3. The lowest BCUT2D eigenvalue weighted by Crippen LogP contribution is -2.41. The molecule has 0 radical (unpaired) electrons. The molecular weight excluding hydrogens is 238 g/mol. The van der Waals surface area contributed by atoms with E-state index in [0.717, 1.165) is 10.5 Å². The smallest absolute Gasteiger partial charge is 0.325 e. The SMILES string of the molecule is CC(NC(=O)CN1C(=O)CNC1=O)c1cn[nH]c1. The van der Waals surface area contributed by atoms with Gasteiger partial charge in [0.2, 0.25) is 5.91 Å². The Bertz CT molecular complexity index is 454. The largest absolute Gasteiger partial charge is 0.348 e. The molecule has 8 heteroatoms. The lowest BCUT2D eigenvalue weighted by molar-refractivity contribution is -0.130. The topological polar surface area (TPSA) is 107 Å². The first-order chi connectivity index (χ1) is 8.58. The van der Waals surface area contributed by atoms with E-state index in [-0.39, 0.29) is 19.1 Å². The van der Waals surface area contributed by atoms with E-state index in [2.05, 4.69) is 20.8 Å². The molecule has 0 bridgehead atoms. The summed E-state index contributed by atoms with van der Waals surface area (Å²) in [6.45, 7) is 1.46. The molecule has 1 atom stereocenters. The van der Waals surface area contributed by atoms with Gasteiger partial charge in [0.1, 0.15) is 6.54 Å². The maximum absolute atomic E-state index is 11.7. The highest BCUT2D eigenvalue weighted by molar-refractivity contribution is 6.04. The van der Waals surface area contributed by atoms with E-state index in [9.17, 15) is 14.4 Å². The fourth-order valence-electron chi connectivity index (χ4n) is 1.63. The second kappa shape index (κ2) is 4.86. The molecule has 1 aliphatic heterocycles. The molecule has 1 unspecified atom stereocenters. The summed E-state index contributed by atoms with van der Waals surface area (Å²) < 4.78 is 0. The van der Waals surface area contributed by atoms with Crippen LogP contribution in [0, 0.1) is 0 Å². The molecule has 8 nitrogen and oxygen atoms in total. The third-order valence-corrected chi connectivity index (χ3v) is 2.64. The second-order valence-electron chi connectivity index (χ2n) is 3.96. The first-order valence-corrected chi connectivity index (χ1v) is 5.44. The molecule has 1 aliphatic rings. The minimum Gasteiger partial charge on any atom is -0.348 e. The van der Waals surface area contributed by atoms with Crippen molar-refractivity contribution < 1.29 is 14.4 Å². The van der Waals surface area contributed by atoms with Crippen LogP contribution in [0.1, 0.15) is 18.5 Å². The number of rotatable bonds is 4. The summed E-state index contributed by atoms with van der Waals surface area (Å²) in [5, 5.41) is 11.4. The number of carbonyl (C=O) groups is 3. The van der Waals surface area contributed by atoms with Crippen molar-refractivity contribution in [3.8, 4) is 0 Å². The van der Waals surface area contributed by atoms with Crippen molar-refractivity contribution in [2.75, 3.05) is 13.1 Å². The minimum absolute atomic E-state index is 0.0522. The Labute approximate surface area is 103 Å². The molecule has 2 heterocycles. The van der Waals surface area contributed by atoms with Crippen LogP contribution in [-0.2, 0) is 9.59 Å². The van der Waals surface area contributed by atoms with Crippen LogP contribution >= 0.6 is 0 Å². The van der Waals surface area contributed by atoms with Crippen LogP contribution in [0.3, 0.4) is 0 Å². The molecule has 0 spiro atoms. The average Bonchev–Trinajstić information content (AvgIpc) is 2.94. The van der Waals surface area contributed by atoms with Gasteiger partial charge in [0.25, 0.3) is 5.91 Å². The van der Waals surface area contributed by atoms with E-state index >= 15 is 0 Å². The zero-order valence-electron chi connectivity index (χ0n) is 9.77. The third kappa shape index (κ3) is 2.47. The fourth-order valence-corrected chi connectivity index (χ4v) is 1.63. The molecular formula is C10H13N5O3. The number of amides is 4. The predicted octanol–water partition coefficient (Wildman–Crippen LogP) is -0.861. The van der Waals surface area contributed by atoms with Crippen molar-refractivity contribution >= 4 is 17.8 Å². The quantitative estimate of drug-likeness (QED) is 0.605. The van der Waals surface area contributed by atoms with Gasteiger partial charge in [0, 0.05) is 11.8 Å². The molecule has 3 N–H and O–H groups in total. The standard InChI is InChI=1S/C10H13N5O3/c1-6(7-2-12-13-3-7)14-8(16)5-15-9(17)4-11-10(15)18/h2-3,6H,4-5H2,1H3,(H,11,18)(H,12,13)(H,14,16). The monoisotopic (exact) mass is 251 g/mol. The molecule has 2 rings (SSSR count). The van der Waals surface area contributed by atoms with E-state index in [1.54, 1.807) is 19.3 Å². The van der Waals surface area contributed by atoms with Crippen molar-refractivity contribution in [1.82, 2.24) is 25.7 Å². The number of carbonyl (C=O) groups excluding carboxylic acids is 3. The fraction of sp³-hybridized carbons (Fsp3) is 0.400. The molecule has 4 amide bonds. The normalized spacial score (nSPS) is 16.6. The second-order valence-corrected chi connectivity index (χ2v) is 3.96. The van der Waals surface area contributed by atoms with Crippen LogP contribution in [0.4, 0.5) is 4.79 Å². The molecule has 18 heavy (non-hydrogen) atoms. The first-order valence-electron chi connectivity index (χ1n) is 5.44. The van der Waals surface area contributed by atoms with Crippen molar-refractivity contribution in [3.05, 3.63) is 18.0 Å². The lowest BCUT2D eigenvalue weighted by Gasteiger charge is -2.15. The Morgan fingerprint density at radius 1 is 1.61 bits per heavy atom. The maximum Gasteiger partial charge on any atom is 0.325 e. The van der Waals surface area contributed by atoms with Gasteiger partial charge in [-0.15, -0.1) is 0 Å². The number of aromatic nitrogens is 2. The van der Waals surface area contributed by atoms with Crippen molar-refractivity contribution in [3.63, 3.8) is 0 Å². The van der Waals surface area contributed by atoms with Crippen LogP contribution in [0.5, 0.6) is 0 Å². The number of imide groups is 1. The summed E-state index contributed by atoms with van der Waals surface area (Å²) in [6, 6.07) is -0.775. The Morgan fingerprint density at radius 3 is 2.94 bits per heavy atom. The number of nitrogens with zero attached hydrogens (tertiary/aromatic N) is 2. The van der Waals surface area contributed by atoms with Crippen LogP contribution in [0.25, 0.3) is 0 Å². The Kier molecular flexibility index (Phi) is 3.26. The van der Waals surface area contributed by atoms with Gasteiger partial charge >= 0.3 is 6.03 Å². The van der Waals surface area contributed by atoms with Gasteiger partial charge in [0.15, 0.2) is 0 Å². The number of H-pyrrole nitrogens is 1. The Balaban J connectivity index is 1.89. The molecule has 1 aromatic heterocycles. The van der Waals surface area contributed by atoms with Crippen molar-refractivity contribution in [1.29, 1.82) is 0 Å². The van der Waals surface area contributed by atoms with Crippen LogP contribution in [0.15, 0.2) is 12.4 Å². The highest BCUT2D eigenvalue weighted by atomic mass is 16.2. The molecule has 0 aliphatic carbocycles. The highest BCUT2D eigenvalue weighted by Crippen LogP contribution is 2.09. The van der Waals surface area contributed by atoms with E-state index < -0.39 is 17.8 Å². The van der Waals surface area contributed by atoms with Gasteiger partial charge in [-0.25, -0.2) is 4.79 Å². The summed E-state index contributed by atoms with van der Waals surface area (Å²) in [5.41, 5.74) is 0.820. The summed E-state index contributed by atoms with van der Waals surface area (Å²) in [7, 11) is 0. The van der Waals surface area contributed by atoms with E-state index in [4.69, 9.17) is 0 Å². The van der Waals surface area contributed by atoms with Gasteiger partial charge in [-0.1, -0.05) is 0 Å². The van der Waals surface area contributed by atoms with Gasteiger partial charge < -0.3 is 10.6 Å². The molecule has 1 aromatic rings. The Hall–Kier alpha value is -2.38. The predicted molar refractivity (Wildman–Crippen MR) is 60.3 cm³/mol. The first kappa shape index (κ1) is 12.1. The van der Waals surface area contributed by atoms with E-state index in [0.29, 0.717) is 0 Å². The summed E-state index contributed by atoms with van der Waals surface area (Å²) in [6.07, 6.45) is 3.26. The van der Waals surface area contributed by atoms with E-state index in [1.807, 2.05) is 0 Å². The van der Waals surface area contributed by atoms with Gasteiger partial charge in [-0.05, 0) is 6.92 Å². The third-order valence-electron chi connectivity index (χ3n) is 2.64.